The van der Waals surface area contributed by atoms with Crippen molar-refractivity contribution < 1.29 is 28.6 Å². The lowest BCUT2D eigenvalue weighted by molar-refractivity contribution is -0.167. The molecule has 0 saturated heterocycles. The fraction of sp³-hybridized carbons (Fsp3) is 0.828. The van der Waals surface area contributed by atoms with Crippen LogP contribution in [-0.2, 0) is 28.6 Å². The van der Waals surface area contributed by atoms with Crippen LogP contribution in [0, 0.1) is 0 Å². The van der Waals surface area contributed by atoms with E-state index in [9.17, 15) is 14.4 Å². The fourth-order valence-corrected chi connectivity index (χ4v) is 8.92. The second-order valence-electron chi connectivity index (χ2n) is 20.6. The summed E-state index contributed by atoms with van der Waals surface area (Å²) in [5.41, 5.74) is 0. The topological polar surface area (TPSA) is 78.9 Å². The average Bonchev–Trinajstić information content (AvgIpc) is 3.36. The SMILES string of the molecule is CCC/C=C\CCCCCCCC(=O)OCC(COC(=O)CCCCCCCCCCCCCCCCCC/C=C\C/C=C\C/C=C\CCCCCCC)OC(=O)CCCCCCCCCCCCC. The van der Waals surface area contributed by atoms with Crippen LogP contribution in [0.15, 0.2) is 48.6 Å². The van der Waals surface area contributed by atoms with E-state index in [-0.39, 0.29) is 31.1 Å². The smallest absolute Gasteiger partial charge is 0.306 e. The number of hydrogen-bond acceptors (Lipinski definition) is 6. The minimum absolute atomic E-state index is 0.0718. The summed E-state index contributed by atoms with van der Waals surface area (Å²) in [4.78, 5) is 38.0. The minimum atomic E-state index is -0.771. The Hall–Kier alpha value is -2.63. The third kappa shape index (κ3) is 56.3. The molecule has 0 aliphatic heterocycles. The molecule has 0 fully saturated rings. The van der Waals surface area contributed by atoms with Gasteiger partial charge in [-0.1, -0.05) is 275 Å². The molecule has 0 aromatic rings. The monoisotopic (exact) mass is 981 g/mol. The van der Waals surface area contributed by atoms with Crippen molar-refractivity contribution >= 4 is 17.9 Å². The van der Waals surface area contributed by atoms with E-state index >= 15 is 0 Å². The van der Waals surface area contributed by atoms with Gasteiger partial charge in [0.15, 0.2) is 6.10 Å². The molecule has 0 aromatic heterocycles. The first-order valence-corrected chi connectivity index (χ1v) is 30.6. The van der Waals surface area contributed by atoms with Gasteiger partial charge in [-0.15, -0.1) is 0 Å². The van der Waals surface area contributed by atoms with E-state index in [0.717, 1.165) is 83.5 Å². The number of rotatable bonds is 56. The molecule has 0 rings (SSSR count). The van der Waals surface area contributed by atoms with E-state index in [1.807, 2.05) is 0 Å². The van der Waals surface area contributed by atoms with E-state index in [4.69, 9.17) is 14.2 Å². The number of unbranched alkanes of at least 4 members (excludes halogenated alkanes) is 37. The van der Waals surface area contributed by atoms with Gasteiger partial charge in [0.2, 0.25) is 0 Å². The van der Waals surface area contributed by atoms with Crippen LogP contribution in [0.25, 0.3) is 0 Å². The number of allylic oxidation sites excluding steroid dienone is 8. The van der Waals surface area contributed by atoms with Crippen molar-refractivity contribution in [2.75, 3.05) is 13.2 Å². The van der Waals surface area contributed by atoms with E-state index in [1.165, 1.54) is 199 Å². The highest BCUT2D eigenvalue weighted by Gasteiger charge is 2.19. The molecule has 0 N–H and O–H groups in total. The first-order chi connectivity index (χ1) is 34.5. The number of ether oxygens (including phenoxy) is 3. The van der Waals surface area contributed by atoms with Gasteiger partial charge < -0.3 is 14.2 Å². The van der Waals surface area contributed by atoms with Crippen molar-refractivity contribution in [1.82, 2.24) is 0 Å². The molecule has 0 radical (unpaired) electrons. The molecule has 0 spiro atoms. The number of esters is 3. The second-order valence-corrected chi connectivity index (χ2v) is 20.6. The molecule has 6 heteroatoms. The molecule has 408 valence electrons. The molecule has 6 nitrogen and oxygen atoms in total. The molecule has 1 unspecified atom stereocenters. The van der Waals surface area contributed by atoms with Gasteiger partial charge in [0.1, 0.15) is 13.2 Å². The van der Waals surface area contributed by atoms with Gasteiger partial charge in [-0.2, -0.15) is 0 Å². The first-order valence-electron chi connectivity index (χ1n) is 30.6. The van der Waals surface area contributed by atoms with Crippen molar-refractivity contribution in [2.45, 2.75) is 329 Å². The molecule has 0 aliphatic rings. The Kier molecular flexibility index (Phi) is 56.7. The Balaban J connectivity index is 4.04. The normalized spacial score (nSPS) is 12.3. The van der Waals surface area contributed by atoms with Crippen LogP contribution in [0.1, 0.15) is 323 Å². The van der Waals surface area contributed by atoms with E-state index in [1.54, 1.807) is 0 Å². The highest BCUT2D eigenvalue weighted by atomic mass is 16.6. The zero-order chi connectivity index (χ0) is 50.7. The summed E-state index contributed by atoms with van der Waals surface area (Å²) in [6.45, 7) is 6.58. The molecule has 0 bridgehead atoms. The van der Waals surface area contributed by atoms with E-state index < -0.39 is 6.10 Å². The summed E-state index contributed by atoms with van der Waals surface area (Å²) in [5.74, 6) is -0.870. The average molecular weight is 982 g/mol. The molecule has 0 heterocycles. The van der Waals surface area contributed by atoms with Crippen molar-refractivity contribution in [1.29, 1.82) is 0 Å². The van der Waals surface area contributed by atoms with Gasteiger partial charge in [0.05, 0.1) is 0 Å². The highest BCUT2D eigenvalue weighted by Crippen LogP contribution is 2.17. The van der Waals surface area contributed by atoms with Crippen molar-refractivity contribution in [2.24, 2.45) is 0 Å². The van der Waals surface area contributed by atoms with E-state index in [2.05, 4.69) is 69.4 Å². The lowest BCUT2D eigenvalue weighted by atomic mass is 10.0. The second kappa shape index (κ2) is 58.9. The van der Waals surface area contributed by atoms with Crippen LogP contribution >= 0.6 is 0 Å². The van der Waals surface area contributed by atoms with Gasteiger partial charge in [-0.3, -0.25) is 14.4 Å². The van der Waals surface area contributed by atoms with Crippen LogP contribution in [0.2, 0.25) is 0 Å². The largest absolute Gasteiger partial charge is 0.462 e. The number of carbonyl (C=O) groups excluding carboxylic acids is 3. The third-order valence-electron chi connectivity index (χ3n) is 13.5. The van der Waals surface area contributed by atoms with Gasteiger partial charge >= 0.3 is 17.9 Å². The third-order valence-corrected chi connectivity index (χ3v) is 13.5. The lowest BCUT2D eigenvalue weighted by Gasteiger charge is -2.18. The Morgan fingerprint density at radius 2 is 0.543 bits per heavy atom. The molecule has 70 heavy (non-hydrogen) atoms. The lowest BCUT2D eigenvalue weighted by Crippen LogP contribution is -2.30. The van der Waals surface area contributed by atoms with Crippen LogP contribution in [0.3, 0.4) is 0 Å². The molecular formula is C64H116O6. The Morgan fingerprint density at radius 1 is 0.286 bits per heavy atom. The predicted molar refractivity (Wildman–Crippen MR) is 302 cm³/mol. The summed E-state index contributed by atoms with van der Waals surface area (Å²) < 4.78 is 16.8. The van der Waals surface area contributed by atoms with Crippen molar-refractivity contribution in [3.63, 3.8) is 0 Å². The maximum absolute atomic E-state index is 12.8. The molecule has 0 aliphatic carbocycles. The standard InChI is InChI=1S/C64H116O6/c1-4-7-10-13-16-19-22-23-24-25-26-27-28-29-30-31-32-33-34-35-36-37-38-39-40-41-43-45-48-51-54-57-63(66)69-60-61(59-68-62(65)56-53-50-47-44-21-18-15-12-9-6-3)70-64(67)58-55-52-49-46-42-20-17-14-11-8-5-2/h12,15,22-23,25-26,28-29,61H,4-11,13-14,16-21,24,27,30-60H2,1-3H3/b15-12-,23-22-,26-25-,29-28-. The summed E-state index contributed by atoms with van der Waals surface area (Å²) in [6, 6.07) is 0. The van der Waals surface area contributed by atoms with Crippen LogP contribution in [0.5, 0.6) is 0 Å². The summed E-state index contributed by atoms with van der Waals surface area (Å²) in [6.07, 6.45) is 72.8. The highest BCUT2D eigenvalue weighted by molar-refractivity contribution is 5.71. The van der Waals surface area contributed by atoms with Crippen molar-refractivity contribution in [3.05, 3.63) is 48.6 Å². The maximum atomic E-state index is 12.8. The van der Waals surface area contributed by atoms with Crippen LogP contribution in [-0.4, -0.2) is 37.2 Å². The van der Waals surface area contributed by atoms with Gasteiger partial charge in [0.25, 0.3) is 0 Å². The Bertz CT molecular complexity index is 1220. The van der Waals surface area contributed by atoms with Gasteiger partial charge in [0, 0.05) is 19.3 Å². The van der Waals surface area contributed by atoms with Gasteiger partial charge in [-0.05, 0) is 77.0 Å². The quantitative estimate of drug-likeness (QED) is 0.0261. The fourth-order valence-electron chi connectivity index (χ4n) is 8.92. The zero-order valence-corrected chi connectivity index (χ0v) is 46.8. The summed E-state index contributed by atoms with van der Waals surface area (Å²) in [7, 11) is 0. The number of hydrogen-bond donors (Lipinski definition) is 0. The van der Waals surface area contributed by atoms with Crippen molar-refractivity contribution in [3.8, 4) is 0 Å². The minimum Gasteiger partial charge on any atom is -0.462 e. The summed E-state index contributed by atoms with van der Waals surface area (Å²) in [5, 5.41) is 0. The first kappa shape index (κ1) is 67.4. The molecule has 0 amide bonds. The number of carbonyl (C=O) groups is 3. The summed E-state index contributed by atoms with van der Waals surface area (Å²) >= 11 is 0. The zero-order valence-electron chi connectivity index (χ0n) is 46.8. The van der Waals surface area contributed by atoms with Crippen LogP contribution in [0.4, 0.5) is 0 Å². The van der Waals surface area contributed by atoms with Crippen LogP contribution < -0.4 is 0 Å². The molecule has 0 aromatic carbocycles. The Labute approximate surface area is 435 Å². The molecule has 0 saturated carbocycles. The van der Waals surface area contributed by atoms with Gasteiger partial charge in [-0.25, -0.2) is 0 Å². The Morgan fingerprint density at radius 3 is 0.871 bits per heavy atom. The maximum Gasteiger partial charge on any atom is 0.306 e. The molecular weight excluding hydrogens is 865 g/mol. The van der Waals surface area contributed by atoms with E-state index in [0.29, 0.717) is 19.3 Å². The predicted octanol–water partition coefficient (Wildman–Crippen LogP) is 20.6. The molecule has 1 atom stereocenters.